The van der Waals surface area contributed by atoms with Crippen LogP contribution in [0.5, 0.6) is 0 Å². The van der Waals surface area contributed by atoms with Crippen LogP contribution in [0.4, 0.5) is 0 Å². The molecule has 2 aliphatic heterocycles. The van der Waals surface area contributed by atoms with Crippen molar-refractivity contribution in [3.05, 3.63) is 0 Å². The van der Waals surface area contributed by atoms with Gasteiger partial charge in [-0.05, 0) is 0 Å². The molecule has 0 saturated carbocycles. The van der Waals surface area contributed by atoms with Crippen molar-refractivity contribution >= 4 is 10.2 Å². The molecular weight excluding hydrogens is 280 g/mol. The van der Waals surface area contributed by atoms with Gasteiger partial charge in [-0.25, -0.2) is 0 Å². The molecular formula is C12H26N4O3S. The van der Waals surface area contributed by atoms with E-state index in [2.05, 4.69) is 9.80 Å². The Morgan fingerprint density at radius 3 is 1.90 bits per heavy atom. The fraction of sp³-hybridized carbons (Fsp3) is 1.00. The van der Waals surface area contributed by atoms with Crippen LogP contribution >= 0.6 is 0 Å². The summed E-state index contributed by atoms with van der Waals surface area (Å²) in [5, 5.41) is 0. The van der Waals surface area contributed by atoms with Crippen molar-refractivity contribution in [2.45, 2.75) is 0 Å². The van der Waals surface area contributed by atoms with Crippen LogP contribution in [-0.4, -0.2) is 106 Å². The summed E-state index contributed by atoms with van der Waals surface area (Å²) in [5.74, 6) is 0. The molecule has 7 nitrogen and oxygen atoms in total. The first-order valence-electron chi connectivity index (χ1n) is 7.20. The molecule has 0 N–H and O–H groups in total. The Bertz CT molecular complexity index is 388. The number of hydrogen-bond acceptors (Lipinski definition) is 5. The number of rotatable bonds is 5. The Labute approximate surface area is 122 Å². The van der Waals surface area contributed by atoms with E-state index in [1.165, 1.54) is 4.31 Å². The maximum absolute atomic E-state index is 12.0. The summed E-state index contributed by atoms with van der Waals surface area (Å²) >= 11 is 0. The molecule has 20 heavy (non-hydrogen) atoms. The van der Waals surface area contributed by atoms with Gasteiger partial charge in [0.05, 0.1) is 13.2 Å². The second kappa shape index (κ2) is 7.15. The normalized spacial score (nSPS) is 24.4. The molecule has 2 saturated heterocycles. The van der Waals surface area contributed by atoms with E-state index in [9.17, 15) is 8.42 Å². The predicted molar refractivity (Wildman–Crippen MR) is 77.9 cm³/mol. The Kier molecular flexibility index (Phi) is 5.76. The number of piperazine rings is 1. The minimum Gasteiger partial charge on any atom is -0.379 e. The molecule has 2 heterocycles. The van der Waals surface area contributed by atoms with E-state index in [0.717, 1.165) is 52.5 Å². The maximum Gasteiger partial charge on any atom is 0.281 e. The average molecular weight is 306 g/mol. The van der Waals surface area contributed by atoms with Crippen LogP contribution < -0.4 is 0 Å². The molecule has 2 aliphatic rings. The molecule has 0 spiro atoms. The number of morpholine rings is 1. The summed E-state index contributed by atoms with van der Waals surface area (Å²) in [4.78, 5) is 4.75. The zero-order valence-corrected chi connectivity index (χ0v) is 13.3. The lowest BCUT2D eigenvalue weighted by Gasteiger charge is -2.36. The van der Waals surface area contributed by atoms with Crippen molar-refractivity contribution in [2.24, 2.45) is 0 Å². The summed E-state index contributed by atoms with van der Waals surface area (Å²) < 4.78 is 32.2. The highest BCUT2D eigenvalue weighted by atomic mass is 32.2. The summed E-state index contributed by atoms with van der Waals surface area (Å²) in [6.07, 6.45) is 0. The predicted octanol–water partition coefficient (Wildman–Crippen LogP) is -1.26. The largest absolute Gasteiger partial charge is 0.379 e. The molecule has 0 unspecified atom stereocenters. The molecule has 0 bridgehead atoms. The fourth-order valence-electron chi connectivity index (χ4n) is 2.52. The van der Waals surface area contributed by atoms with E-state index < -0.39 is 10.2 Å². The zero-order chi connectivity index (χ0) is 14.6. The van der Waals surface area contributed by atoms with Crippen LogP contribution in [0.25, 0.3) is 0 Å². The van der Waals surface area contributed by atoms with Crippen LogP contribution in [0.2, 0.25) is 0 Å². The summed E-state index contributed by atoms with van der Waals surface area (Å²) in [6.45, 7) is 8.54. The van der Waals surface area contributed by atoms with Crippen LogP contribution in [0.15, 0.2) is 0 Å². The van der Waals surface area contributed by atoms with Gasteiger partial charge in [0.1, 0.15) is 0 Å². The summed E-state index contributed by atoms with van der Waals surface area (Å²) in [6, 6.07) is 0. The molecule has 0 atom stereocenters. The first-order valence-corrected chi connectivity index (χ1v) is 8.60. The average Bonchev–Trinajstić information content (AvgIpc) is 2.46. The monoisotopic (exact) mass is 306 g/mol. The van der Waals surface area contributed by atoms with Crippen molar-refractivity contribution in [1.29, 1.82) is 0 Å². The molecule has 2 rings (SSSR count). The topological polar surface area (TPSA) is 56.3 Å². The molecule has 0 aromatic rings. The van der Waals surface area contributed by atoms with Gasteiger partial charge in [-0.15, -0.1) is 0 Å². The van der Waals surface area contributed by atoms with Gasteiger partial charge in [-0.2, -0.15) is 17.0 Å². The van der Waals surface area contributed by atoms with E-state index >= 15 is 0 Å². The minimum absolute atomic E-state index is 0.587. The van der Waals surface area contributed by atoms with Crippen molar-refractivity contribution in [3.8, 4) is 0 Å². The molecule has 0 aliphatic carbocycles. The molecule has 0 radical (unpaired) electrons. The molecule has 2 fully saturated rings. The van der Waals surface area contributed by atoms with E-state index in [-0.39, 0.29) is 0 Å². The SMILES string of the molecule is CN(C)S(=O)(=O)N1CCN(CCN2CCOCC2)CC1. The van der Waals surface area contributed by atoms with Gasteiger partial charge >= 0.3 is 0 Å². The lowest BCUT2D eigenvalue weighted by Crippen LogP contribution is -2.53. The highest BCUT2D eigenvalue weighted by molar-refractivity contribution is 7.86. The van der Waals surface area contributed by atoms with Crippen LogP contribution in [0, 0.1) is 0 Å². The number of hydrogen-bond donors (Lipinski definition) is 0. The van der Waals surface area contributed by atoms with Gasteiger partial charge in [0, 0.05) is 66.5 Å². The van der Waals surface area contributed by atoms with Gasteiger partial charge < -0.3 is 4.74 Å². The van der Waals surface area contributed by atoms with E-state index in [0.29, 0.717) is 13.1 Å². The van der Waals surface area contributed by atoms with Gasteiger partial charge in [0.25, 0.3) is 10.2 Å². The zero-order valence-electron chi connectivity index (χ0n) is 12.5. The summed E-state index contributed by atoms with van der Waals surface area (Å²) in [7, 11) is -0.0788. The second-order valence-electron chi connectivity index (χ2n) is 5.48. The number of nitrogens with zero attached hydrogens (tertiary/aromatic N) is 4. The van der Waals surface area contributed by atoms with E-state index in [4.69, 9.17) is 4.74 Å². The lowest BCUT2D eigenvalue weighted by molar-refractivity contribution is 0.0316. The lowest BCUT2D eigenvalue weighted by atomic mass is 10.3. The molecule has 0 amide bonds. The Morgan fingerprint density at radius 2 is 1.40 bits per heavy atom. The van der Waals surface area contributed by atoms with Gasteiger partial charge in [0.15, 0.2) is 0 Å². The maximum atomic E-state index is 12.0. The highest BCUT2D eigenvalue weighted by Crippen LogP contribution is 2.09. The Balaban J connectivity index is 1.71. The van der Waals surface area contributed by atoms with Crippen molar-refractivity contribution in [3.63, 3.8) is 0 Å². The van der Waals surface area contributed by atoms with Gasteiger partial charge in [0.2, 0.25) is 0 Å². The standard InChI is InChI=1S/C12H26N4O3S/c1-13(2)20(17,18)16-7-5-14(6-8-16)3-4-15-9-11-19-12-10-15/h3-12H2,1-2H3. The van der Waals surface area contributed by atoms with Crippen LogP contribution in [-0.2, 0) is 14.9 Å². The highest BCUT2D eigenvalue weighted by Gasteiger charge is 2.28. The first-order chi connectivity index (χ1) is 9.50. The van der Waals surface area contributed by atoms with Gasteiger partial charge in [-0.1, -0.05) is 0 Å². The molecule has 8 heteroatoms. The Hall–Kier alpha value is -0.250. The van der Waals surface area contributed by atoms with Gasteiger partial charge in [-0.3, -0.25) is 9.80 Å². The third-order valence-electron chi connectivity index (χ3n) is 3.96. The molecule has 118 valence electrons. The van der Waals surface area contributed by atoms with Crippen LogP contribution in [0.3, 0.4) is 0 Å². The van der Waals surface area contributed by atoms with Crippen molar-refractivity contribution < 1.29 is 13.2 Å². The molecule has 0 aromatic heterocycles. The third kappa shape index (κ3) is 4.12. The van der Waals surface area contributed by atoms with Crippen LogP contribution in [0.1, 0.15) is 0 Å². The third-order valence-corrected chi connectivity index (χ3v) is 5.90. The fourth-order valence-corrected chi connectivity index (χ4v) is 3.61. The smallest absolute Gasteiger partial charge is 0.281 e. The minimum atomic E-state index is -3.25. The number of ether oxygens (including phenoxy) is 1. The first kappa shape index (κ1) is 16.1. The van der Waals surface area contributed by atoms with Crippen molar-refractivity contribution in [2.75, 3.05) is 79.7 Å². The second-order valence-corrected chi connectivity index (χ2v) is 7.63. The quantitative estimate of drug-likeness (QED) is 0.635. The van der Waals surface area contributed by atoms with E-state index in [1.807, 2.05) is 0 Å². The van der Waals surface area contributed by atoms with Crippen molar-refractivity contribution in [1.82, 2.24) is 18.4 Å². The molecule has 0 aromatic carbocycles. The summed E-state index contributed by atoms with van der Waals surface area (Å²) in [5.41, 5.74) is 0. The Morgan fingerprint density at radius 1 is 0.900 bits per heavy atom. The van der Waals surface area contributed by atoms with E-state index in [1.54, 1.807) is 18.4 Å².